The van der Waals surface area contributed by atoms with E-state index in [4.69, 9.17) is 4.74 Å². The summed E-state index contributed by atoms with van der Waals surface area (Å²) in [5.74, 6) is -1.10. The lowest BCUT2D eigenvalue weighted by molar-refractivity contribution is 0.0127. The second-order valence-electron chi connectivity index (χ2n) is 7.70. The molecule has 0 N–H and O–H groups in total. The van der Waals surface area contributed by atoms with Gasteiger partial charge in [-0.25, -0.2) is 13.6 Å². The molecular formula is C18H20F2N2O2. The van der Waals surface area contributed by atoms with Gasteiger partial charge in [-0.3, -0.25) is 4.90 Å². The van der Waals surface area contributed by atoms with Crippen LogP contribution < -0.4 is 0 Å². The molecule has 1 aromatic carbocycles. The van der Waals surface area contributed by atoms with Crippen molar-refractivity contribution < 1.29 is 18.3 Å². The van der Waals surface area contributed by atoms with E-state index in [1.54, 1.807) is 20.8 Å². The Morgan fingerprint density at radius 2 is 1.96 bits per heavy atom. The molecule has 0 aromatic heterocycles. The number of ether oxygens (including phenoxy) is 1. The summed E-state index contributed by atoms with van der Waals surface area (Å²) >= 11 is 0. The number of piperidine rings is 1. The van der Waals surface area contributed by atoms with E-state index in [9.17, 15) is 18.8 Å². The van der Waals surface area contributed by atoms with Gasteiger partial charge in [0, 0.05) is 18.0 Å². The quantitative estimate of drug-likeness (QED) is 0.786. The summed E-state index contributed by atoms with van der Waals surface area (Å²) in [6, 6.07) is 5.06. The molecule has 4 nitrogen and oxygen atoms in total. The van der Waals surface area contributed by atoms with Crippen LogP contribution >= 0.6 is 0 Å². The molecule has 0 bridgehead atoms. The van der Waals surface area contributed by atoms with E-state index in [1.807, 2.05) is 0 Å². The SMILES string of the molecule is CC(C)(C)OC(=O)N1C[C@@]2(c3cc(F)cc(F)c3)CC2CC1C#N. The first-order chi connectivity index (χ1) is 11.1. The monoisotopic (exact) mass is 334 g/mol. The van der Waals surface area contributed by atoms with Gasteiger partial charge < -0.3 is 4.74 Å². The Kier molecular flexibility index (Phi) is 3.78. The predicted molar refractivity (Wildman–Crippen MR) is 83.1 cm³/mol. The highest BCUT2D eigenvalue weighted by molar-refractivity contribution is 5.70. The van der Waals surface area contributed by atoms with Crippen molar-refractivity contribution in [2.24, 2.45) is 5.92 Å². The van der Waals surface area contributed by atoms with Crippen LogP contribution in [0, 0.1) is 28.9 Å². The van der Waals surface area contributed by atoms with Crippen LogP contribution in [-0.4, -0.2) is 29.2 Å². The summed E-state index contributed by atoms with van der Waals surface area (Å²) in [7, 11) is 0. The van der Waals surface area contributed by atoms with E-state index in [2.05, 4.69) is 6.07 Å². The molecule has 6 heteroatoms. The molecule has 24 heavy (non-hydrogen) atoms. The number of benzene rings is 1. The molecule has 1 amide bonds. The number of likely N-dealkylation sites (tertiary alicyclic amines) is 1. The normalized spacial score (nSPS) is 28.8. The van der Waals surface area contributed by atoms with Gasteiger partial charge in [0.25, 0.3) is 0 Å². The maximum Gasteiger partial charge on any atom is 0.411 e. The number of hydrogen-bond donors (Lipinski definition) is 0. The predicted octanol–water partition coefficient (Wildman–Crippen LogP) is 3.76. The lowest BCUT2D eigenvalue weighted by Gasteiger charge is -2.37. The second kappa shape index (κ2) is 5.44. The van der Waals surface area contributed by atoms with Gasteiger partial charge in [0.1, 0.15) is 23.3 Å². The van der Waals surface area contributed by atoms with Gasteiger partial charge in [0.05, 0.1) is 6.07 Å². The highest BCUT2D eigenvalue weighted by Crippen LogP contribution is 2.60. The number of carbonyl (C=O) groups is 1. The number of amides is 1. The highest BCUT2D eigenvalue weighted by atomic mass is 19.1. The van der Waals surface area contributed by atoms with Crippen LogP contribution in [0.4, 0.5) is 13.6 Å². The van der Waals surface area contributed by atoms with E-state index < -0.39 is 34.8 Å². The van der Waals surface area contributed by atoms with Crippen molar-refractivity contribution in [3.8, 4) is 6.07 Å². The van der Waals surface area contributed by atoms with Crippen LogP contribution in [0.5, 0.6) is 0 Å². The Bertz CT molecular complexity index is 702. The first kappa shape index (κ1) is 16.7. The van der Waals surface area contributed by atoms with E-state index in [-0.39, 0.29) is 12.5 Å². The summed E-state index contributed by atoms with van der Waals surface area (Å²) in [5, 5.41) is 9.37. The largest absolute Gasteiger partial charge is 0.444 e. The minimum atomic E-state index is -0.671. The molecule has 3 atom stereocenters. The molecule has 128 valence electrons. The molecule has 1 aliphatic carbocycles. The summed E-state index contributed by atoms with van der Waals surface area (Å²) < 4.78 is 32.6. The number of fused-ring (bicyclic) bond motifs is 1. The van der Waals surface area contributed by atoms with Crippen molar-refractivity contribution in [1.29, 1.82) is 5.26 Å². The van der Waals surface area contributed by atoms with Crippen LogP contribution in [-0.2, 0) is 10.2 Å². The summed E-state index contributed by atoms with van der Waals surface area (Å²) in [5.41, 5.74) is -0.599. The van der Waals surface area contributed by atoms with Crippen molar-refractivity contribution in [3.05, 3.63) is 35.4 Å². The fourth-order valence-electron chi connectivity index (χ4n) is 3.62. The molecule has 1 aliphatic heterocycles. The lowest BCUT2D eigenvalue weighted by atomic mass is 9.86. The maximum atomic E-state index is 13.6. The molecule has 3 rings (SSSR count). The lowest BCUT2D eigenvalue weighted by Crippen LogP contribution is -2.50. The van der Waals surface area contributed by atoms with E-state index in [0.717, 1.165) is 6.07 Å². The van der Waals surface area contributed by atoms with Crippen molar-refractivity contribution in [1.82, 2.24) is 4.90 Å². The Morgan fingerprint density at radius 1 is 1.33 bits per heavy atom. The fraction of sp³-hybridized carbons (Fsp3) is 0.556. The minimum absolute atomic E-state index is 0.155. The average molecular weight is 334 g/mol. The van der Waals surface area contributed by atoms with Gasteiger partial charge >= 0.3 is 6.09 Å². The van der Waals surface area contributed by atoms with Gasteiger partial charge in [-0.1, -0.05) is 0 Å². The van der Waals surface area contributed by atoms with Crippen LogP contribution in [0.1, 0.15) is 39.2 Å². The minimum Gasteiger partial charge on any atom is -0.444 e. The molecule has 1 aromatic rings. The molecule has 2 unspecified atom stereocenters. The molecule has 0 spiro atoms. The topological polar surface area (TPSA) is 53.3 Å². The summed E-state index contributed by atoms with van der Waals surface area (Å²) in [4.78, 5) is 13.9. The van der Waals surface area contributed by atoms with Crippen LogP contribution in [0.15, 0.2) is 18.2 Å². The molecule has 2 fully saturated rings. The fourth-order valence-corrected chi connectivity index (χ4v) is 3.62. The summed E-state index contributed by atoms with van der Waals surface area (Å²) in [6.45, 7) is 5.52. The zero-order valence-corrected chi connectivity index (χ0v) is 14.0. The molecule has 0 radical (unpaired) electrons. The number of hydrogen-bond acceptors (Lipinski definition) is 3. The smallest absolute Gasteiger partial charge is 0.411 e. The van der Waals surface area contributed by atoms with Gasteiger partial charge in [-0.2, -0.15) is 5.26 Å². The number of halogens is 2. The third-order valence-corrected chi connectivity index (χ3v) is 4.78. The molecule has 1 heterocycles. The first-order valence-electron chi connectivity index (χ1n) is 8.00. The molecule has 1 saturated heterocycles. The second-order valence-corrected chi connectivity index (χ2v) is 7.70. The third kappa shape index (κ3) is 2.95. The van der Waals surface area contributed by atoms with Crippen LogP contribution in [0.2, 0.25) is 0 Å². The highest BCUT2D eigenvalue weighted by Gasteiger charge is 2.61. The first-order valence-corrected chi connectivity index (χ1v) is 8.00. The van der Waals surface area contributed by atoms with Gasteiger partial charge in [0.15, 0.2) is 0 Å². The van der Waals surface area contributed by atoms with E-state index in [0.29, 0.717) is 18.4 Å². The zero-order chi connectivity index (χ0) is 17.7. The Morgan fingerprint density at radius 3 is 2.50 bits per heavy atom. The van der Waals surface area contributed by atoms with E-state index in [1.165, 1.54) is 17.0 Å². The molecule has 2 aliphatic rings. The zero-order valence-electron chi connectivity index (χ0n) is 14.0. The maximum absolute atomic E-state index is 13.6. The number of rotatable bonds is 1. The van der Waals surface area contributed by atoms with Crippen molar-refractivity contribution in [3.63, 3.8) is 0 Å². The van der Waals surface area contributed by atoms with Gasteiger partial charge in [0.2, 0.25) is 0 Å². The standard InChI is InChI=1S/C18H20F2N2O2/c1-17(2,3)24-16(23)22-10-18(8-12(18)6-15(22)9-21)11-4-13(19)7-14(20)5-11/h4-5,7,12,15H,6,8,10H2,1-3H3/t12?,15?,18-/m1/s1. The van der Waals surface area contributed by atoms with Crippen molar-refractivity contribution in [2.75, 3.05) is 6.54 Å². The Balaban J connectivity index is 1.89. The third-order valence-electron chi connectivity index (χ3n) is 4.78. The average Bonchev–Trinajstić information content (AvgIpc) is 3.17. The van der Waals surface area contributed by atoms with Crippen LogP contribution in [0.25, 0.3) is 0 Å². The van der Waals surface area contributed by atoms with E-state index >= 15 is 0 Å². The van der Waals surface area contributed by atoms with Crippen molar-refractivity contribution >= 4 is 6.09 Å². The van der Waals surface area contributed by atoms with Gasteiger partial charge in [-0.05, 0) is 57.2 Å². The number of nitriles is 1. The summed E-state index contributed by atoms with van der Waals surface area (Å²) in [6.07, 6.45) is 0.650. The van der Waals surface area contributed by atoms with Crippen molar-refractivity contribution in [2.45, 2.75) is 50.7 Å². The van der Waals surface area contributed by atoms with Crippen LogP contribution in [0.3, 0.4) is 0 Å². The number of carbonyl (C=O) groups excluding carboxylic acids is 1. The molecular weight excluding hydrogens is 314 g/mol. The van der Waals surface area contributed by atoms with Gasteiger partial charge in [-0.15, -0.1) is 0 Å². The number of nitrogens with zero attached hydrogens (tertiary/aromatic N) is 2. The Hall–Kier alpha value is -2.16. The molecule has 1 saturated carbocycles. The Labute approximate surface area is 140 Å².